The number of nitrogens with one attached hydrogen (secondary N) is 1. The molecule has 1 fully saturated rings. The first-order chi connectivity index (χ1) is 8.90. The molecule has 1 aromatic carbocycles. The number of nitrogens with two attached hydrogens (primary N) is 1. The molecule has 0 spiro atoms. The molecule has 0 bridgehead atoms. The summed E-state index contributed by atoms with van der Waals surface area (Å²) in [6.07, 6.45) is 4.88. The van der Waals surface area contributed by atoms with Crippen LogP contribution in [-0.4, -0.2) is 14.5 Å². The van der Waals surface area contributed by atoms with Crippen LogP contribution in [0.25, 0.3) is 0 Å². The maximum absolute atomic E-state index is 13.2. The smallest absolute Gasteiger partial charge is 0.242 e. The highest BCUT2D eigenvalue weighted by atomic mass is 79.9. The van der Waals surface area contributed by atoms with Crippen molar-refractivity contribution in [2.24, 2.45) is 0 Å². The first-order valence-corrected chi connectivity index (χ1v) is 8.44. The van der Waals surface area contributed by atoms with E-state index in [-0.39, 0.29) is 21.1 Å². The van der Waals surface area contributed by atoms with Crippen molar-refractivity contribution in [3.63, 3.8) is 0 Å². The van der Waals surface area contributed by atoms with Crippen LogP contribution in [0.5, 0.6) is 0 Å². The minimum atomic E-state index is -3.67. The fourth-order valence-electron chi connectivity index (χ4n) is 2.25. The van der Waals surface area contributed by atoms with E-state index in [1.165, 1.54) is 0 Å². The number of hydrogen-bond acceptors (Lipinski definition) is 3. The Morgan fingerprint density at radius 2 is 1.89 bits per heavy atom. The van der Waals surface area contributed by atoms with Crippen LogP contribution < -0.4 is 10.5 Å². The Bertz CT molecular complexity index is 571. The normalized spacial score (nSPS) is 17.6. The van der Waals surface area contributed by atoms with Gasteiger partial charge < -0.3 is 5.73 Å². The number of halogens is 2. The summed E-state index contributed by atoms with van der Waals surface area (Å²) in [5, 5.41) is 0. The molecule has 0 amide bonds. The van der Waals surface area contributed by atoms with Crippen molar-refractivity contribution in [1.29, 1.82) is 0 Å². The van der Waals surface area contributed by atoms with E-state index >= 15 is 0 Å². The van der Waals surface area contributed by atoms with Crippen molar-refractivity contribution >= 4 is 31.6 Å². The third-order valence-corrected chi connectivity index (χ3v) is 5.75. The Morgan fingerprint density at radius 3 is 2.53 bits per heavy atom. The average Bonchev–Trinajstić information content (AvgIpc) is 2.34. The van der Waals surface area contributed by atoms with Gasteiger partial charge in [-0.3, -0.25) is 0 Å². The highest BCUT2D eigenvalue weighted by Crippen LogP contribution is 2.28. The van der Waals surface area contributed by atoms with E-state index in [2.05, 4.69) is 20.7 Å². The lowest BCUT2D eigenvalue weighted by Crippen LogP contribution is -2.36. The number of nitrogen functional groups attached to an aromatic ring is 1. The van der Waals surface area contributed by atoms with Crippen molar-refractivity contribution in [3.8, 4) is 0 Å². The summed E-state index contributed by atoms with van der Waals surface area (Å²) >= 11 is 3.07. The largest absolute Gasteiger partial charge is 0.396 e. The summed E-state index contributed by atoms with van der Waals surface area (Å²) in [4.78, 5) is -0.0167. The van der Waals surface area contributed by atoms with Crippen LogP contribution in [0.3, 0.4) is 0 Å². The third-order valence-electron chi connectivity index (χ3n) is 3.27. The summed E-state index contributed by atoms with van der Waals surface area (Å²) in [7, 11) is -3.67. The molecule has 1 aliphatic carbocycles. The van der Waals surface area contributed by atoms with E-state index < -0.39 is 15.8 Å². The van der Waals surface area contributed by atoms with Gasteiger partial charge in [-0.15, -0.1) is 0 Å². The third kappa shape index (κ3) is 3.46. The van der Waals surface area contributed by atoms with E-state index in [1.807, 2.05) is 0 Å². The molecule has 0 heterocycles. The van der Waals surface area contributed by atoms with Crippen molar-refractivity contribution in [1.82, 2.24) is 4.72 Å². The average molecular weight is 351 g/mol. The van der Waals surface area contributed by atoms with Gasteiger partial charge in [0.15, 0.2) is 0 Å². The summed E-state index contributed by atoms with van der Waals surface area (Å²) in [5.74, 6) is -0.636. The van der Waals surface area contributed by atoms with Crippen molar-refractivity contribution in [2.45, 2.75) is 43.0 Å². The van der Waals surface area contributed by atoms with E-state index in [0.717, 1.165) is 44.2 Å². The summed E-state index contributed by atoms with van der Waals surface area (Å²) in [6.45, 7) is 0. The standard InChI is InChI=1S/C12H16BrFN2O2S/c13-9-6-10(14)11(15)7-12(9)19(17,18)16-8-4-2-1-3-5-8/h6-8,16H,1-5,15H2. The first-order valence-electron chi connectivity index (χ1n) is 6.17. The topological polar surface area (TPSA) is 72.2 Å². The summed E-state index contributed by atoms with van der Waals surface area (Å²) in [5.41, 5.74) is 5.26. The molecule has 2 rings (SSSR count). The lowest BCUT2D eigenvalue weighted by molar-refractivity contribution is 0.412. The molecule has 1 saturated carbocycles. The molecular formula is C12H16BrFN2O2S. The maximum atomic E-state index is 13.2. The molecule has 0 saturated heterocycles. The zero-order chi connectivity index (χ0) is 14.0. The zero-order valence-corrected chi connectivity index (χ0v) is 12.7. The Morgan fingerprint density at radius 1 is 1.26 bits per heavy atom. The molecule has 7 heteroatoms. The number of benzene rings is 1. The van der Waals surface area contributed by atoms with Crippen molar-refractivity contribution in [3.05, 3.63) is 22.4 Å². The molecule has 3 N–H and O–H groups in total. The maximum Gasteiger partial charge on any atom is 0.242 e. The van der Waals surface area contributed by atoms with Crippen LogP contribution in [0.4, 0.5) is 10.1 Å². The van der Waals surface area contributed by atoms with Crippen LogP contribution in [0.15, 0.2) is 21.5 Å². The number of hydrogen-bond donors (Lipinski definition) is 2. The van der Waals surface area contributed by atoms with Gasteiger partial charge in [0.1, 0.15) is 5.82 Å². The summed E-state index contributed by atoms with van der Waals surface area (Å²) in [6, 6.07) is 2.17. The SMILES string of the molecule is Nc1cc(S(=O)(=O)NC2CCCCC2)c(Br)cc1F. The number of anilines is 1. The molecule has 0 aromatic heterocycles. The van der Waals surface area contributed by atoms with Gasteiger partial charge in [0.25, 0.3) is 0 Å². The van der Waals surface area contributed by atoms with Gasteiger partial charge >= 0.3 is 0 Å². The van der Waals surface area contributed by atoms with Crippen molar-refractivity contribution < 1.29 is 12.8 Å². The van der Waals surface area contributed by atoms with Crippen molar-refractivity contribution in [2.75, 3.05) is 5.73 Å². The second kappa shape index (κ2) is 5.76. The molecule has 0 atom stereocenters. The first kappa shape index (κ1) is 14.7. The lowest BCUT2D eigenvalue weighted by atomic mass is 9.96. The van der Waals surface area contributed by atoms with Gasteiger partial charge in [-0.1, -0.05) is 19.3 Å². The van der Waals surface area contributed by atoms with Crippen LogP contribution in [0, 0.1) is 5.82 Å². The van der Waals surface area contributed by atoms with Crippen LogP contribution in [0.2, 0.25) is 0 Å². The highest BCUT2D eigenvalue weighted by Gasteiger charge is 2.24. The molecule has 4 nitrogen and oxygen atoms in total. The Balaban J connectivity index is 2.26. The molecule has 1 aliphatic rings. The number of sulfonamides is 1. The van der Waals surface area contributed by atoms with Crippen LogP contribution in [-0.2, 0) is 10.0 Å². The molecule has 0 aliphatic heterocycles. The Hall–Kier alpha value is -0.660. The lowest BCUT2D eigenvalue weighted by Gasteiger charge is -2.23. The van der Waals surface area contributed by atoms with E-state index in [0.29, 0.717) is 0 Å². The monoisotopic (exact) mass is 350 g/mol. The zero-order valence-electron chi connectivity index (χ0n) is 10.3. The van der Waals surface area contributed by atoms with Gasteiger partial charge in [0, 0.05) is 10.5 Å². The summed E-state index contributed by atoms with van der Waals surface area (Å²) < 4.78 is 40.6. The van der Waals surface area contributed by atoms with Gasteiger partial charge in [-0.25, -0.2) is 17.5 Å². The predicted octanol–water partition coefficient (Wildman–Crippen LogP) is 2.78. The fraction of sp³-hybridized carbons (Fsp3) is 0.500. The molecular weight excluding hydrogens is 335 g/mol. The number of rotatable bonds is 3. The Labute approximate surface area is 120 Å². The quantitative estimate of drug-likeness (QED) is 0.823. The van der Waals surface area contributed by atoms with E-state index in [1.54, 1.807) is 0 Å². The van der Waals surface area contributed by atoms with Crippen LogP contribution >= 0.6 is 15.9 Å². The predicted molar refractivity (Wildman–Crippen MR) is 75.7 cm³/mol. The minimum absolute atomic E-state index is 0.0167. The van der Waals surface area contributed by atoms with Gasteiger partial charge in [-0.05, 0) is 40.9 Å². The molecule has 106 valence electrons. The van der Waals surface area contributed by atoms with Gasteiger partial charge in [0.2, 0.25) is 10.0 Å². The van der Waals surface area contributed by atoms with Crippen LogP contribution in [0.1, 0.15) is 32.1 Å². The molecule has 0 unspecified atom stereocenters. The van der Waals surface area contributed by atoms with Gasteiger partial charge in [-0.2, -0.15) is 0 Å². The highest BCUT2D eigenvalue weighted by molar-refractivity contribution is 9.10. The molecule has 0 radical (unpaired) electrons. The molecule has 19 heavy (non-hydrogen) atoms. The minimum Gasteiger partial charge on any atom is -0.396 e. The molecule has 1 aromatic rings. The second-order valence-corrected chi connectivity index (χ2v) is 7.30. The Kier molecular flexibility index (Phi) is 4.47. The van der Waals surface area contributed by atoms with E-state index in [4.69, 9.17) is 5.73 Å². The second-order valence-electron chi connectivity index (χ2n) is 4.76. The fourth-order valence-corrected chi connectivity index (χ4v) is 4.61. The van der Waals surface area contributed by atoms with E-state index in [9.17, 15) is 12.8 Å². The van der Waals surface area contributed by atoms with Gasteiger partial charge in [0.05, 0.1) is 10.6 Å².